The topological polar surface area (TPSA) is 18.5 Å². The molecule has 0 aromatic carbocycles. The van der Waals surface area contributed by atoms with Gasteiger partial charge in [-0.1, -0.05) is 0 Å². The number of hydrogen-bond acceptors (Lipinski definition) is 2. The fourth-order valence-corrected chi connectivity index (χ4v) is 0.422. The Morgan fingerprint density at radius 3 is 1.50 bits per heavy atom. The first-order valence-corrected chi connectivity index (χ1v) is 3.31. The predicted octanol–water partition coefficient (Wildman–Crippen LogP) is 2.99. The molecule has 0 rings (SSSR count). The molecule has 11 heteroatoms. The van der Waals surface area contributed by atoms with Gasteiger partial charge in [-0.3, -0.25) is 9.47 Å². The minimum Gasteiger partial charge on any atom is -0.282 e. The first-order valence-electron chi connectivity index (χ1n) is 3.31. The number of hydrogen-bond donors (Lipinski definition) is 0. The molecule has 0 aliphatic rings. The molecule has 0 bridgehead atoms. The van der Waals surface area contributed by atoms with Crippen molar-refractivity contribution >= 4 is 0 Å². The Balaban J connectivity index is 4.38. The van der Waals surface area contributed by atoms with Gasteiger partial charge in [-0.2, -0.15) is 30.7 Å². The van der Waals surface area contributed by atoms with Crippen molar-refractivity contribution < 1.29 is 49.0 Å². The lowest BCUT2D eigenvalue weighted by Gasteiger charge is -2.22. The number of rotatable bonds is 5. The van der Waals surface area contributed by atoms with Crippen LogP contribution in [0.3, 0.4) is 0 Å². The van der Waals surface area contributed by atoms with Gasteiger partial charge in [-0.15, -0.1) is 0 Å². The van der Waals surface area contributed by atoms with E-state index in [1.54, 1.807) is 0 Å². The Bertz CT molecular complexity index is 214. The van der Waals surface area contributed by atoms with Gasteiger partial charge in [-0.05, 0) is 0 Å². The van der Waals surface area contributed by atoms with Crippen molar-refractivity contribution in [1.82, 2.24) is 0 Å². The van der Waals surface area contributed by atoms with E-state index < -0.39 is 31.6 Å². The summed E-state index contributed by atoms with van der Waals surface area (Å²) < 4.78 is 109. The van der Waals surface area contributed by atoms with Crippen LogP contribution in [0.1, 0.15) is 0 Å². The van der Waals surface area contributed by atoms with Gasteiger partial charge in [0.15, 0.2) is 0 Å². The largest absolute Gasteiger partial charge is 0.483 e. The molecule has 0 N–H and O–H groups in total. The minimum atomic E-state index is -6.30. The standard InChI is InChI=1S/C5H3F9O2/c6-1(15-3(8)9)2(7)16-5(13,14)4(10,11)12/h1-3H. The molecule has 98 valence electrons. The Hall–Kier alpha value is -0.710. The quantitative estimate of drug-likeness (QED) is 0.712. The van der Waals surface area contributed by atoms with Crippen LogP contribution in [-0.2, 0) is 9.47 Å². The molecule has 2 unspecified atom stereocenters. The molecule has 0 fully saturated rings. The lowest BCUT2D eigenvalue weighted by atomic mass is 10.6. The third kappa shape index (κ3) is 4.43. The molecule has 2 nitrogen and oxygen atoms in total. The summed E-state index contributed by atoms with van der Waals surface area (Å²) in [6.45, 7) is -3.89. The van der Waals surface area contributed by atoms with Crippen LogP contribution in [0.2, 0.25) is 0 Å². The highest BCUT2D eigenvalue weighted by atomic mass is 19.4. The molecular formula is C5H3F9O2. The van der Waals surface area contributed by atoms with E-state index in [1.165, 1.54) is 0 Å². The van der Waals surface area contributed by atoms with Crippen LogP contribution in [0.5, 0.6) is 0 Å². The minimum absolute atomic E-state index is 2.31. The number of alkyl halides is 9. The molecule has 0 aromatic heterocycles. The first-order chi connectivity index (χ1) is 6.97. The van der Waals surface area contributed by atoms with Crippen molar-refractivity contribution in [2.24, 2.45) is 0 Å². The summed E-state index contributed by atoms with van der Waals surface area (Å²) in [6, 6.07) is 0. The second kappa shape index (κ2) is 5.08. The van der Waals surface area contributed by atoms with E-state index in [9.17, 15) is 39.5 Å². The zero-order valence-corrected chi connectivity index (χ0v) is 6.95. The van der Waals surface area contributed by atoms with Crippen molar-refractivity contribution in [2.75, 3.05) is 0 Å². The third-order valence-electron chi connectivity index (χ3n) is 1.03. The molecule has 0 amide bonds. The normalized spacial score (nSPS) is 17.6. The molecule has 0 aliphatic carbocycles. The van der Waals surface area contributed by atoms with Crippen molar-refractivity contribution in [3.8, 4) is 0 Å². The van der Waals surface area contributed by atoms with Gasteiger partial charge < -0.3 is 0 Å². The molecule has 0 saturated carbocycles. The fourth-order valence-electron chi connectivity index (χ4n) is 0.422. The van der Waals surface area contributed by atoms with Gasteiger partial charge in [-0.25, -0.2) is 8.78 Å². The zero-order chi connectivity index (χ0) is 13.1. The van der Waals surface area contributed by atoms with Crippen LogP contribution >= 0.6 is 0 Å². The van der Waals surface area contributed by atoms with Crippen molar-refractivity contribution in [2.45, 2.75) is 31.6 Å². The summed E-state index contributed by atoms with van der Waals surface area (Å²) in [5.74, 6) is 0. The molecule has 0 saturated heterocycles. The molecule has 0 aliphatic heterocycles. The van der Waals surface area contributed by atoms with Crippen LogP contribution in [0.4, 0.5) is 39.5 Å². The Kier molecular flexibility index (Phi) is 4.85. The van der Waals surface area contributed by atoms with Crippen LogP contribution in [0, 0.1) is 0 Å². The van der Waals surface area contributed by atoms with Gasteiger partial charge in [0.05, 0.1) is 0 Å². The highest BCUT2D eigenvalue weighted by molar-refractivity contribution is 4.65. The maximum Gasteiger partial charge on any atom is 0.483 e. The van der Waals surface area contributed by atoms with E-state index >= 15 is 0 Å². The second-order valence-electron chi connectivity index (χ2n) is 2.23. The monoisotopic (exact) mass is 266 g/mol. The molecule has 0 heterocycles. The summed E-state index contributed by atoms with van der Waals surface area (Å²) in [5.41, 5.74) is 0. The SMILES string of the molecule is FC(F)OC(F)C(F)OC(F)(F)C(F)(F)F. The van der Waals surface area contributed by atoms with E-state index in [-0.39, 0.29) is 0 Å². The van der Waals surface area contributed by atoms with Crippen LogP contribution in [0.25, 0.3) is 0 Å². The molecule has 0 spiro atoms. The first kappa shape index (κ1) is 15.3. The number of halogens is 9. The molecule has 2 atom stereocenters. The Labute approximate surface area is 81.9 Å². The second-order valence-corrected chi connectivity index (χ2v) is 2.23. The highest BCUT2D eigenvalue weighted by Gasteiger charge is 2.61. The molecule has 16 heavy (non-hydrogen) atoms. The van der Waals surface area contributed by atoms with Gasteiger partial charge in [0.25, 0.3) is 12.7 Å². The zero-order valence-electron chi connectivity index (χ0n) is 6.95. The predicted molar refractivity (Wildman–Crippen MR) is 29.0 cm³/mol. The van der Waals surface area contributed by atoms with Crippen molar-refractivity contribution in [1.29, 1.82) is 0 Å². The Morgan fingerprint density at radius 1 is 0.750 bits per heavy atom. The maximum absolute atomic E-state index is 12.1. The van der Waals surface area contributed by atoms with Crippen molar-refractivity contribution in [3.05, 3.63) is 0 Å². The summed E-state index contributed by atoms with van der Waals surface area (Å²) >= 11 is 0. The highest BCUT2D eigenvalue weighted by Crippen LogP contribution is 2.38. The smallest absolute Gasteiger partial charge is 0.282 e. The maximum atomic E-state index is 12.1. The Morgan fingerprint density at radius 2 is 1.19 bits per heavy atom. The summed E-state index contributed by atoms with van der Waals surface area (Å²) in [7, 11) is 0. The fraction of sp³-hybridized carbons (Fsp3) is 1.00. The lowest BCUT2D eigenvalue weighted by molar-refractivity contribution is -0.428. The van der Waals surface area contributed by atoms with E-state index in [4.69, 9.17) is 0 Å². The lowest BCUT2D eigenvalue weighted by Crippen LogP contribution is -2.43. The average molecular weight is 266 g/mol. The molecule has 0 radical (unpaired) electrons. The van der Waals surface area contributed by atoms with Crippen LogP contribution in [-0.4, -0.2) is 31.6 Å². The van der Waals surface area contributed by atoms with E-state index in [0.29, 0.717) is 0 Å². The van der Waals surface area contributed by atoms with Gasteiger partial charge >= 0.3 is 18.9 Å². The molecule has 0 aromatic rings. The summed E-state index contributed by atoms with van der Waals surface area (Å²) in [5, 5.41) is 0. The molecular weight excluding hydrogens is 263 g/mol. The average Bonchev–Trinajstić information content (AvgIpc) is 1.99. The van der Waals surface area contributed by atoms with Gasteiger partial charge in [0.1, 0.15) is 0 Å². The van der Waals surface area contributed by atoms with Gasteiger partial charge in [0, 0.05) is 0 Å². The van der Waals surface area contributed by atoms with Crippen LogP contribution < -0.4 is 0 Å². The van der Waals surface area contributed by atoms with Crippen molar-refractivity contribution in [3.63, 3.8) is 0 Å². The van der Waals surface area contributed by atoms with E-state index in [0.717, 1.165) is 0 Å². The van der Waals surface area contributed by atoms with E-state index in [1.807, 2.05) is 0 Å². The summed E-state index contributed by atoms with van der Waals surface area (Å²) in [6.07, 6.45) is -20.1. The van der Waals surface area contributed by atoms with Crippen LogP contribution in [0.15, 0.2) is 0 Å². The van der Waals surface area contributed by atoms with Gasteiger partial charge in [0.2, 0.25) is 0 Å². The third-order valence-corrected chi connectivity index (χ3v) is 1.03. The summed E-state index contributed by atoms with van der Waals surface area (Å²) in [4.78, 5) is 0. The number of ether oxygens (including phenoxy) is 2. The van der Waals surface area contributed by atoms with E-state index in [2.05, 4.69) is 9.47 Å².